The van der Waals surface area contributed by atoms with Crippen molar-refractivity contribution in [2.24, 2.45) is 0 Å². The van der Waals surface area contributed by atoms with Crippen molar-refractivity contribution < 1.29 is 24.2 Å². The van der Waals surface area contributed by atoms with Gasteiger partial charge in [-0.15, -0.1) is 0 Å². The van der Waals surface area contributed by atoms with Gasteiger partial charge < -0.3 is 25.0 Å². The van der Waals surface area contributed by atoms with E-state index >= 15 is 0 Å². The number of anilines is 1. The zero-order valence-electron chi connectivity index (χ0n) is 19.9. The maximum atomic E-state index is 13.5. The first-order valence-corrected chi connectivity index (χ1v) is 11.9. The zero-order valence-corrected chi connectivity index (χ0v) is 19.9. The number of piperazine rings is 1. The Hall–Kier alpha value is -4.33. The lowest BCUT2D eigenvalue weighted by Crippen LogP contribution is -2.52. The quantitative estimate of drug-likeness (QED) is 0.504. The minimum atomic E-state index is -0.861. The molecule has 8 nitrogen and oxygen atoms in total. The summed E-state index contributed by atoms with van der Waals surface area (Å²) in [6.07, 6.45) is -0.661. The van der Waals surface area contributed by atoms with E-state index in [0.29, 0.717) is 31.7 Å². The molecule has 1 heterocycles. The molecular formula is C28H29N3O5. The van der Waals surface area contributed by atoms with Crippen molar-refractivity contribution in [3.05, 3.63) is 102 Å². The first-order chi connectivity index (χ1) is 17.5. The SMILES string of the molecule is O=C(O)Cc1ccc(N2CCN(C(=O)C(NC(=O)OCc3ccccc3)c3ccccc3)CC2)cc1. The predicted molar refractivity (Wildman–Crippen MR) is 136 cm³/mol. The van der Waals surface area contributed by atoms with Crippen molar-refractivity contribution in [3.8, 4) is 0 Å². The van der Waals surface area contributed by atoms with Crippen molar-refractivity contribution >= 4 is 23.7 Å². The highest BCUT2D eigenvalue weighted by Crippen LogP contribution is 2.21. The minimum Gasteiger partial charge on any atom is -0.481 e. The summed E-state index contributed by atoms with van der Waals surface area (Å²) in [5, 5.41) is 11.7. The number of nitrogens with zero attached hydrogens (tertiary/aromatic N) is 2. The molecule has 1 fully saturated rings. The van der Waals surface area contributed by atoms with Gasteiger partial charge in [-0.3, -0.25) is 9.59 Å². The molecule has 0 spiro atoms. The molecule has 1 atom stereocenters. The number of carbonyl (C=O) groups is 3. The van der Waals surface area contributed by atoms with E-state index in [4.69, 9.17) is 9.84 Å². The van der Waals surface area contributed by atoms with E-state index in [9.17, 15) is 14.4 Å². The Morgan fingerprint density at radius 2 is 1.42 bits per heavy atom. The van der Waals surface area contributed by atoms with Gasteiger partial charge in [0.1, 0.15) is 12.6 Å². The van der Waals surface area contributed by atoms with Crippen LogP contribution in [-0.4, -0.2) is 54.2 Å². The number of hydrogen-bond donors (Lipinski definition) is 2. The van der Waals surface area contributed by atoms with Crippen LogP contribution in [0.1, 0.15) is 22.7 Å². The van der Waals surface area contributed by atoms with E-state index in [1.165, 1.54) is 0 Å². The number of amides is 2. The Morgan fingerprint density at radius 3 is 2.03 bits per heavy atom. The normalized spacial score (nSPS) is 14.1. The van der Waals surface area contributed by atoms with Gasteiger partial charge in [-0.2, -0.15) is 0 Å². The number of carbonyl (C=O) groups excluding carboxylic acids is 2. The number of hydrogen-bond acceptors (Lipinski definition) is 5. The van der Waals surface area contributed by atoms with Crippen LogP contribution in [0.5, 0.6) is 0 Å². The Morgan fingerprint density at radius 1 is 0.806 bits per heavy atom. The molecule has 1 saturated heterocycles. The van der Waals surface area contributed by atoms with Crippen molar-refractivity contribution in [1.82, 2.24) is 10.2 Å². The molecule has 2 N–H and O–H groups in total. The maximum Gasteiger partial charge on any atom is 0.408 e. The van der Waals surface area contributed by atoms with Crippen molar-refractivity contribution in [1.29, 1.82) is 0 Å². The summed E-state index contributed by atoms with van der Waals surface area (Å²) in [5.74, 6) is -1.05. The highest BCUT2D eigenvalue weighted by molar-refractivity contribution is 5.87. The number of carboxylic acid groups (broad SMARTS) is 1. The number of rotatable bonds is 8. The third-order valence-electron chi connectivity index (χ3n) is 6.10. The van der Waals surface area contributed by atoms with Crippen LogP contribution in [0.4, 0.5) is 10.5 Å². The summed E-state index contributed by atoms with van der Waals surface area (Å²) >= 11 is 0. The maximum absolute atomic E-state index is 13.5. The van der Waals surface area contributed by atoms with Gasteiger partial charge >= 0.3 is 12.1 Å². The molecule has 1 aliphatic rings. The third-order valence-corrected chi connectivity index (χ3v) is 6.10. The van der Waals surface area contributed by atoms with Crippen LogP contribution in [-0.2, 0) is 27.4 Å². The lowest BCUT2D eigenvalue weighted by molar-refractivity contribution is -0.136. The van der Waals surface area contributed by atoms with Crippen LogP contribution in [0.15, 0.2) is 84.9 Å². The standard InChI is InChI=1S/C28H29N3O5/c32-25(33)19-21-11-13-24(14-12-21)30-15-17-31(18-16-30)27(34)26(23-9-5-2-6-10-23)29-28(35)36-20-22-7-3-1-4-8-22/h1-14,26H,15-20H2,(H,29,35)(H,32,33). The molecule has 0 bridgehead atoms. The van der Waals surface area contributed by atoms with Crippen LogP contribution >= 0.6 is 0 Å². The molecule has 0 aromatic heterocycles. The van der Waals surface area contributed by atoms with Gasteiger partial charge in [-0.25, -0.2) is 4.79 Å². The molecule has 2 amide bonds. The Bertz CT molecular complexity index is 1160. The van der Waals surface area contributed by atoms with Crippen LogP contribution in [0.2, 0.25) is 0 Å². The first-order valence-electron chi connectivity index (χ1n) is 11.9. The molecule has 8 heteroatoms. The number of aliphatic carboxylic acids is 1. The largest absolute Gasteiger partial charge is 0.481 e. The Labute approximate surface area is 210 Å². The molecule has 0 saturated carbocycles. The fraction of sp³-hybridized carbons (Fsp3) is 0.250. The number of ether oxygens (including phenoxy) is 1. The van der Waals surface area contributed by atoms with Gasteiger partial charge in [0, 0.05) is 31.9 Å². The topological polar surface area (TPSA) is 99.2 Å². The van der Waals surface area contributed by atoms with Gasteiger partial charge in [-0.05, 0) is 28.8 Å². The summed E-state index contributed by atoms with van der Waals surface area (Å²) in [5.41, 5.74) is 3.28. The van der Waals surface area contributed by atoms with E-state index in [0.717, 1.165) is 16.8 Å². The lowest BCUT2D eigenvalue weighted by Gasteiger charge is -2.37. The molecule has 186 valence electrons. The van der Waals surface area contributed by atoms with Gasteiger partial charge in [0.2, 0.25) is 5.91 Å². The average Bonchev–Trinajstić information content (AvgIpc) is 2.91. The fourth-order valence-electron chi connectivity index (χ4n) is 4.18. The van der Waals surface area contributed by atoms with Gasteiger partial charge in [-0.1, -0.05) is 72.8 Å². The van der Waals surface area contributed by atoms with Crippen molar-refractivity contribution in [2.45, 2.75) is 19.1 Å². The van der Waals surface area contributed by atoms with E-state index in [1.54, 1.807) is 4.90 Å². The second kappa shape index (κ2) is 11.9. The van der Waals surface area contributed by atoms with E-state index < -0.39 is 18.1 Å². The first kappa shape index (κ1) is 24.8. The molecule has 1 unspecified atom stereocenters. The van der Waals surface area contributed by atoms with Crippen molar-refractivity contribution in [3.63, 3.8) is 0 Å². The van der Waals surface area contributed by atoms with Crippen LogP contribution in [0.3, 0.4) is 0 Å². The molecule has 0 aliphatic carbocycles. The fourth-order valence-corrected chi connectivity index (χ4v) is 4.18. The lowest BCUT2D eigenvalue weighted by atomic mass is 10.1. The van der Waals surface area contributed by atoms with Gasteiger partial charge in [0.05, 0.1) is 6.42 Å². The summed E-state index contributed by atoms with van der Waals surface area (Å²) < 4.78 is 5.36. The predicted octanol–water partition coefficient (Wildman–Crippen LogP) is 3.63. The van der Waals surface area contributed by atoms with Crippen molar-refractivity contribution in [2.75, 3.05) is 31.1 Å². The molecule has 3 aromatic rings. The third kappa shape index (κ3) is 6.63. The summed E-state index contributed by atoms with van der Waals surface area (Å²) in [4.78, 5) is 40.9. The van der Waals surface area contributed by atoms with E-state index in [-0.39, 0.29) is 18.9 Å². The number of benzene rings is 3. The zero-order chi connectivity index (χ0) is 25.3. The number of alkyl carbamates (subject to hydrolysis) is 1. The highest BCUT2D eigenvalue weighted by Gasteiger charge is 2.30. The molecule has 36 heavy (non-hydrogen) atoms. The summed E-state index contributed by atoms with van der Waals surface area (Å²) in [7, 11) is 0. The number of carboxylic acids is 1. The summed E-state index contributed by atoms with van der Waals surface area (Å²) in [6.45, 7) is 2.37. The molecule has 3 aromatic carbocycles. The van der Waals surface area contributed by atoms with Crippen LogP contribution in [0.25, 0.3) is 0 Å². The Kier molecular flexibility index (Phi) is 8.18. The van der Waals surface area contributed by atoms with E-state index in [2.05, 4.69) is 10.2 Å². The number of nitrogens with one attached hydrogen (secondary N) is 1. The monoisotopic (exact) mass is 487 g/mol. The van der Waals surface area contributed by atoms with Crippen LogP contribution < -0.4 is 10.2 Å². The molecular weight excluding hydrogens is 458 g/mol. The van der Waals surface area contributed by atoms with Gasteiger partial charge in [0.25, 0.3) is 0 Å². The smallest absolute Gasteiger partial charge is 0.408 e. The average molecular weight is 488 g/mol. The highest BCUT2D eigenvalue weighted by atomic mass is 16.5. The Balaban J connectivity index is 1.37. The van der Waals surface area contributed by atoms with E-state index in [1.807, 2.05) is 84.9 Å². The van der Waals surface area contributed by atoms with Gasteiger partial charge in [0.15, 0.2) is 0 Å². The molecule has 0 radical (unpaired) electrons. The summed E-state index contributed by atoms with van der Waals surface area (Å²) in [6, 6.07) is 25.1. The molecule has 1 aliphatic heterocycles. The van der Waals surface area contributed by atoms with Crippen LogP contribution in [0, 0.1) is 0 Å². The second-order valence-electron chi connectivity index (χ2n) is 8.60. The molecule has 4 rings (SSSR count). The second-order valence-corrected chi connectivity index (χ2v) is 8.60. The minimum absolute atomic E-state index is 0.00971.